The molecule has 0 saturated carbocycles. The second-order valence-electron chi connectivity index (χ2n) is 6.00. The molecule has 0 aromatic carbocycles. The molecule has 6 nitrogen and oxygen atoms in total. The standard InChI is InChI=1S/C17H25N5O/c1-12(10-15-6-5-8-18-11-15)19-17(23)22(4)9-7-16-13(2)20-21-14(16)3/h5-6,8,11-12H,7,9-10H2,1-4H3,(H,19,23)(H,20,21). The quantitative estimate of drug-likeness (QED) is 0.858. The van der Waals surface area contributed by atoms with Crippen molar-refractivity contribution in [1.29, 1.82) is 0 Å². The first-order chi connectivity index (χ1) is 11.0. The molecule has 0 spiro atoms. The fourth-order valence-corrected chi connectivity index (χ4v) is 2.57. The van der Waals surface area contributed by atoms with Gasteiger partial charge in [0.2, 0.25) is 0 Å². The van der Waals surface area contributed by atoms with Gasteiger partial charge in [0.25, 0.3) is 0 Å². The summed E-state index contributed by atoms with van der Waals surface area (Å²) in [7, 11) is 1.82. The van der Waals surface area contributed by atoms with Crippen LogP contribution in [0, 0.1) is 13.8 Å². The molecule has 0 saturated heterocycles. The summed E-state index contributed by atoms with van der Waals surface area (Å²) in [5.74, 6) is 0. The largest absolute Gasteiger partial charge is 0.335 e. The molecular formula is C17H25N5O. The highest BCUT2D eigenvalue weighted by molar-refractivity contribution is 5.74. The molecule has 2 heterocycles. The number of nitrogens with zero attached hydrogens (tertiary/aromatic N) is 3. The number of H-pyrrole nitrogens is 1. The number of hydrogen-bond donors (Lipinski definition) is 2. The predicted octanol–water partition coefficient (Wildman–Crippen LogP) is 2.24. The predicted molar refractivity (Wildman–Crippen MR) is 90.3 cm³/mol. The third-order valence-corrected chi connectivity index (χ3v) is 3.96. The maximum atomic E-state index is 12.2. The molecule has 2 amide bonds. The van der Waals surface area contributed by atoms with Crippen molar-refractivity contribution in [3.63, 3.8) is 0 Å². The smallest absolute Gasteiger partial charge is 0.317 e. The average molecular weight is 315 g/mol. The number of likely N-dealkylation sites (N-methyl/N-ethyl adjacent to an activating group) is 1. The van der Waals surface area contributed by atoms with Gasteiger partial charge in [-0.25, -0.2) is 4.79 Å². The number of amides is 2. The van der Waals surface area contributed by atoms with E-state index in [4.69, 9.17) is 0 Å². The van der Waals surface area contributed by atoms with E-state index >= 15 is 0 Å². The summed E-state index contributed by atoms with van der Waals surface area (Å²) in [6.45, 7) is 6.65. The SMILES string of the molecule is Cc1n[nH]c(C)c1CCN(C)C(=O)NC(C)Cc1cccnc1. The molecule has 1 unspecified atom stereocenters. The van der Waals surface area contributed by atoms with Crippen LogP contribution in [-0.4, -0.2) is 45.7 Å². The van der Waals surface area contributed by atoms with Gasteiger partial charge in [0, 0.05) is 37.7 Å². The summed E-state index contributed by atoms with van der Waals surface area (Å²) in [6.07, 6.45) is 5.15. The third kappa shape index (κ3) is 4.81. The van der Waals surface area contributed by atoms with Gasteiger partial charge in [-0.2, -0.15) is 5.10 Å². The van der Waals surface area contributed by atoms with Gasteiger partial charge in [0.05, 0.1) is 5.69 Å². The van der Waals surface area contributed by atoms with Crippen molar-refractivity contribution in [2.24, 2.45) is 0 Å². The monoisotopic (exact) mass is 315 g/mol. The van der Waals surface area contributed by atoms with Crippen LogP contribution in [0.4, 0.5) is 4.79 Å². The van der Waals surface area contributed by atoms with Gasteiger partial charge in [-0.1, -0.05) is 6.07 Å². The molecule has 0 fully saturated rings. The van der Waals surface area contributed by atoms with Crippen LogP contribution in [0.1, 0.15) is 29.4 Å². The Morgan fingerprint density at radius 3 is 2.83 bits per heavy atom. The van der Waals surface area contributed by atoms with Gasteiger partial charge in [-0.3, -0.25) is 10.1 Å². The number of urea groups is 1. The van der Waals surface area contributed by atoms with E-state index in [9.17, 15) is 4.79 Å². The van der Waals surface area contributed by atoms with E-state index < -0.39 is 0 Å². The van der Waals surface area contributed by atoms with Crippen LogP contribution >= 0.6 is 0 Å². The molecule has 2 aromatic heterocycles. The number of carbonyl (C=O) groups excluding carboxylic acids is 1. The molecule has 0 aliphatic heterocycles. The zero-order valence-electron chi connectivity index (χ0n) is 14.3. The van der Waals surface area contributed by atoms with E-state index in [1.54, 1.807) is 11.1 Å². The Labute approximate surface area is 137 Å². The van der Waals surface area contributed by atoms with Crippen molar-refractivity contribution in [3.05, 3.63) is 47.0 Å². The molecule has 0 radical (unpaired) electrons. The van der Waals surface area contributed by atoms with Crippen molar-refractivity contribution in [1.82, 2.24) is 25.4 Å². The van der Waals surface area contributed by atoms with E-state index in [1.807, 2.05) is 46.1 Å². The lowest BCUT2D eigenvalue weighted by Crippen LogP contribution is -2.43. The Morgan fingerprint density at radius 2 is 2.22 bits per heavy atom. The van der Waals surface area contributed by atoms with Gasteiger partial charge >= 0.3 is 6.03 Å². The van der Waals surface area contributed by atoms with Crippen molar-refractivity contribution < 1.29 is 4.79 Å². The van der Waals surface area contributed by atoms with Gasteiger partial charge in [-0.05, 0) is 50.8 Å². The topological polar surface area (TPSA) is 73.9 Å². The summed E-state index contributed by atoms with van der Waals surface area (Å²) < 4.78 is 0. The molecule has 0 aliphatic carbocycles. The van der Waals surface area contributed by atoms with Crippen LogP contribution in [0.25, 0.3) is 0 Å². The lowest BCUT2D eigenvalue weighted by molar-refractivity contribution is 0.206. The normalized spacial score (nSPS) is 12.0. The van der Waals surface area contributed by atoms with Gasteiger partial charge in [0.1, 0.15) is 0 Å². The highest BCUT2D eigenvalue weighted by atomic mass is 16.2. The maximum absolute atomic E-state index is 12.2. The van der Waals surface area contributed by atoms with E-state index in [0.29, 0.717) is 6.54 Å². The van der Waals surface area contributed by atoms with Crippen LogP contribution in [0.3, 0.4) is 0 Å². The highest BCUT2D eigenvalue weighted by Gasteiger charge is 2.14. The molecular weight excluding hydrogens is 290 g/mol. The zero-order chi connectivity index (χ0) is 16.8. The molecule has 2 aromatic rings. The van der Waals surface area contributed by atoms with Crippen LogP contribution in [0.2, 0.25) is 0 Å². The first-order valence-electron chi connectivity index (χ1n) is 7.88. The zero-order valence-corrected chi connectivity index (χ0v) is 14.3. The molecule has 2 N–H and O–H groups in total. The Balaban J connectivity index is 1.80. The van der Waals surface area contributed by atoms with E-state index in [-0.39, 0.29) is 12.1 Å². The molecule has 2 rings (SSSR count). The minimum atomic E-state index is -0.0554. The lowest BCUT2D eigenvalue weighted by atomic mass is 10.1. The molecule has 124 valence electrons. The summed E-state index contributed by atoms with van der Waals surface area (Å²) in [5, 5.41) is 10.2. The third-order valence-electron chi connectivity index (χ3n) is 3.96. The van der Waals surface area contributed by atoms with Crippen LogP contribution < -0.4 is 5.32 Å². The van der Waals surface area contributed by atoms with Crippen molar-refractivity contribution in [3.8, 4) is 0 Å². The summed E-state index contributed by atoms with van der Waals surface area (Å²) in [6, 6.07) is 3.93. The minimum absolute atomic E-state index is 0.0554. The number of pyridine rings is 1. The fourth-order valence-electron chi connectivity index (χ4n) is 2.57. The van der Waals surface area contributed by atoms with E-state index in [0.717, 1.165) is 29.8 Å². The fraction of sp³-hybridized carbons (Fsp3) is 0.471. The number of hydrogen-bond acceptors (Lipinski definition) is 3. The Hall–Kier alpha value is -2.37. The van der Waals surface area contributed by atoms with Crippen LogP contribution in [-0.2, 0) is 12.8 Å². The van der Waals surface area contributed by atoms with Gasteiger partial charge in [0.15, 0.2) is 0 Å². The summed E-state index contributed by atoms with van der Waals surface area (Å²) >= 11 is 0. The number of nitrogens with one attached hydrogen (secondary N) is 2. The Morgan fingerprint density at radius 1 is 1.43 bits per heavy atom. The minimum Gasteiger partial charge on any atom is -0.335 e. The number of aromatic nitrogens is 3. The lowest BCUT2D eigenvalue weighted by Gasteiger charge is -2.21. The molecule has 0 bridgehead atoms. The second-order valence-corrected chi connectivity index (χ2v) is 6.00. The van der Waals surface area contributed by atoms with Crippen LogP contribution in [0.5, 0.6) is 0 Å². The molecule has 6 heteroatoms. The van der Waals surface area contributed by atoms with Crippen molar-refractivity contribution in [2.75, 3.05) is 13.6 Å². The van der Waals surface area contributed by atoms with Crippen molar-refractivity contribution in [2.45, 2.75) is 39.7 Å². The maximum Gasteiger partial charge on any atom is 0.317 e. The van der Waals surface area contributed by atoms with E-state index in [2.05, 4.69) is 20.5 Å². The van der Waals surface area contributed by atoms with Gasteiger partial charge in [-0.15, -0.1) is 0 Å². The summed E-state index contributed by atoms with van der Waals surface area (Å²) in [4.78, 5) is 18.1. The molecule has 23 heavy (non-hydrogen) atoms. The average Bonchev–Trinajstić information content (AvgIpc) is 2.84. The van der Waals surface area contributed by atoms with Crippen LogP contribution in [0.15, 0.2) is 24.5 Å². The first-order valence-corrected chi connectivity index (χ1v) is 7.88. The van der Waals surface area contributed by atoms with E-state index in [1.165, 1.54) is 5.56 Å². The number of aryl methyl sites for hydroxylation is 2. The molecule has 0 aliphatic rings. The highest BCUT2D eigenvalue weighted by Crippen LogP contribution is 2.10. The second kappa shape index (κ2) is 7.76. The summed E-state index contributed by atoms with van der Waals surface area (Å²) in [5.41, 5.74) is 4.38. The first kappa shape index (κ1) is 17.0. The number of rotatable bonds is 6. The number of carbonyl (C=O) groups is 1. The van der Waals surface area contributed by atoms with Gasteiger partial charge < -0.3 is 10.2 Å². The Bertz CT molecular complexity index is 618. The molecule has 1 atom stereocenters. The van der Waals surface area contributed by atoms with Crippen molar-refractivity contribution >= 4 is 6.03 Å². The Kier molecular flexibility index (Phi) is 5.73. The number of aromatic amines is 1.